The van der Waals surface area contributed by atoms with Gasteiger partial charge in [0.2, 0.25) is 88.6 Å². The van der Waals surface area contributed by atoms with E-state index in [-0.39, 0.29) is 69.7 Å². The van der Waals surface area contributed by atoms with Gasteiger partial charge in [0.25, 0.3) is 0 Å². The van der Waals surface area contributed by atoms with Crippen molar-refractivity contribution in [3.05, 3.63) is 65.7 Å². The number of nitrogens with zero attached hydrogens (tertiary/aromatic N) is 1. The molecule has 8 atom stereocenters. The molecule has 34 nitrogen and oxygen atoms in total. The monoisotopic (exact) mass is 1520 g/mol. The summed E-state index contributed by atoms with van der Waals surface area (Å²) in [5, 5.41) is 46.4. The predicted molar refractivity (Wildman–Crippen MR) is 393 cm³/mol. The van der Waals surface area contributed by atoms with Crippen molar-refractivity contribution in [2.24, 2.45) is 22.9 Å². The highest BCUT2D eigenvalue weighted by Gasteiger charge is 2.41. The molecular weight excluding hydrogens is 1420 g/mol. The first kappa shape index (κ1) is 88.8. The Morgan fingerprint density at radius 2 is 1.01 bits per heavy atom. The molecule has 36 heteroatoms. The van der Waals surface area contributed by atoms with Gasteiger partial charge >= 0.3 is 5.97 Å². The maximum atomic E-state index is 15.0. The Labute approximate surface area is 624 Å². The molecule has 2 fully saturated rings. The average Bonchev–Trinajstić information content (AvgIpc) is 1.58. The number of phenols is 1. The minimum atomic E-state index is -1.89. The first-order valence-corrected chi connectivity index (χ1v) is 38.5. The molecule has 15 amide bonds. The number of primary amides is 3. The molecule has 106 heavy (non-hydrogen) atoms. The van der Waals surface area contributed by atoms with E-state index in [1.807, 2.05) is 0 Å². The van der Waals surface area contributed by atoms with E-state index in [9.17, 15) is 81.8 Å². The van der Waals surface area contributed by atoms with Gasteiger partial charge in [-0.2, -0.15) is 0 Å². The summed E-state index contributed by atoms with van der Waals surface area (Å²) in [7, 11) is 1.71. The van der Waals surface area contributed by atoms with Gasteiger partial charge in [-0.25, -0.2) is 0 Å². The zero-order valence-electron chi connectivity index (χ0n) is 59.9. The van der Waals surface area contributed by atoms with E-state index in [0.717, 1.165) is 97.1 Å². The predicted octanol–water partition coefficient (Wildman–Crippen LogP) is -1.50. The van der Waals surface area contributed by atoms with Crippen molar-refractivity contribution in [2.45, 2.75) is 215 Å². The van der Waals surface area contributed by atoms with E-state index in [4.69, 9.17) is 28.0 Å². The van der Waals surface area contributed by atoms with Crippen molar-refractivity contribution in [3.63, 3.8) is 0 Å². The van der Waals surface area contributed by atoms with Gasteiger partial charge in [0.15, 0.2) is 0 Å². The topological polar surface area (TPSA) is 553 Å². The van der Waals surface area contributed by atoms with Crippen LogP contribution in [0.4, 0.5) is 0 Å². The Kier molecular flexibility index (Phi) is 41.9. The zero-order valence-corrected chi connectivity index (χ0v) is 61.5. The number of carboxylic acid groups (broad SMARTS) is 1. The Bertz CT molecular complexity index is 3270. The Morgan fingerprint density at radius 3 is 1.57 bits per heavy atom. The number of carbonyl (C=O) groups is 16. The van der Waals surface area contributed by atoms with Crippen molar-refractivity contribution >= 4 is 116 Å². The summed E-state index contributed by atoms with van der Waals surface area (Å²) in [5.74, 6) is -15.2. The number of amides is 15. The highest BCUT2D eigenvalue weighted by Crippen LogP contribution is 2.27. The molecule has 0 aromatic heterocycles. The van der Waals surface area contributed by atoms with Crippen LogP contribution in [0.3, 0.4) is 0 Å². The molecule has 0 aliphatic carbocycles. The SMILES string of the molecule is NCCCCC(NC(=O)C1CCCN1C(=O)C1CSSCC(NC(=O)CNC(=O)CNC(=O)CNC(=O)CCCCCCCCCCCCCCCCC(=O)O)C(=O)NC(Cc2ccc(O)cc2)C(=O)NC(Cc2ccccc2)C(=O)NC(CCC(N)=O)C(=O)NC(CC(N)=O)C(=O)N1)C(=O)NCC(N)=O. The van der Waals surface area contributed by atoms with Crippen LogP contribution in [0.25, 0.3) is 0 Å². The minimum absolute atomic E-state index is 0.0633. The molecule has 0 spiro atoms. The number of hydrogen-bond acceptors (Lipinski definition) is 20. The van der Waals surface area contributed by atoms with E-state index < -0.39 is 194 Å². The van der Waals surface area contributed by atoms with E-state index in [1.54, 1.807) is 30.3 Å². The summed E-state index contributed by atoms with van der Waals surface area (Å²) >= 11 is 0. The molecule has 2 saturated heterocycles. The van der Waals surface area contributed by atoms with Crippen LogP contribution >= 0.6 is 21.6 Å². The molecule has 4 rings (SSSR count). The Morgan fingerprint density at radius 1 is 0.509 bits per heavy atom. The number of rotatable bonds is 43. The minimum Gasteiger partial charge on any atom is -0.508 e. The summed E-state index contributed by atoms with van der Waals surface area (Å²) in [5.41, 5.74) is 22.9. The first-order valence-electron chi connectivity index (χ1n) is 36.1. The number of carbonyl (C=O) groups excluding carboxylic acids is 15. The number of carboxylic acids is 1. The zero-order chi connectivity index (χ0) is 77.8. The lowest BCUT2D eigenvalue weighted by atomic mass is 10.0. The number of nitrogens with one attached hydrogen (secondary N) is 11. The normalized spacial score (nSPS) is 19.2. The molecule has 2 aromatic carbocycles. The van der Waals surface area contributed by atoms with Crippen LogP contribution in [0.2, 0.25) is 0 Å². The number of hydrogen-bond donors (Lipinski definition) is 17. The van der Waals surface area contributed by atoms with E-state index in [0.29, 0.717) is 30.4 Å². The number of phenolic OH excluding ortho intramolecular Hbond substituents is 1. The Balaban J connectivity index is 1.57. The lowest BCUT2D eigenvalue weighted by molar-refractivity contribution is -0.142. The fraction of sp³-hybridized carbons (Fsp3) is 0.600. The number of likely N-dealkylation sites (tertiary alicyclic amines) is 1. The van der Waals surface area contributed by atoms with Gasteiger partial charge < -0.3 is 96.5 Å². The summed E-state index contributed by atoms with van der Waals surface area (Å²) in [4.78, 5) is 216. The van der Waals surface area contributed by atoms with Crippen molar-refractivity contribution in [2.75, 3.05) is 50.8 Å². The van der Waals surface area contributed by atoms with Gasteiger partial charge in [-0.1, -0.05) is 141 Å². The molecule has 8 unspecified atom stereocenters. The van der Waals surface area contributed by atoms with Crippen LogP contribution < -0.4 is 81.4 Å². The molecule has 2 aromatic rings. The number of unbranched alkanes of at least 4 members (excludes halogenated alkanes) is 14. The van der Waals surface area contributed by atoms with Crippen LogP contribution in [-0.2, 0) is 89.6 Å². The largest absolute Gasteiger partial charge is 0.508 e. The summed E-state index contributed by atoms with van der Waals surface area (Å²) < 4.78 is 0. The van der Waals surface area contributed by atoms with Crippen LogP contribution in [0, 0.1) is 0 Å². The summed E-state index contributed by atoms with van der Waals surface area (Å²) in [6, 6.07) is 1.27. The fourth-order valence-electron chi connectivity index (χ4n) is 11.6. The van der Waals surface area contributed by atoms with Crippen LogP contribution in [-0.4, -0.2) is 209 Å². The molecule has 2 aliphatic rings. The Hall–Kier alpha value is -9.58. The van der Waals surface area contributed by atoms with Crippen molar-refractivity contribution in [1.29, 1.82) is 0 Å². The van der Waals surface area contributed by atoms with E-state index in [2.05, 4.69) is 58.5 Å². The van der Waals surface area contributed by atoms with E-state index in [1.165, 1.54) is 37.1 Å². The molecule has 2 heterocycles. The van der Waals surface area contributed by atoms with Crippen LogP contribution in [0.15, 0.2) is 54.6 Å². The maximum Gasteiger partial charge on any atom is 0.303 e. The first-order chi connectivity index (χ1) is 50.7. The lowest BCUT2D eigenvalue weighted by Gasteiger charge is -2.31. The molecule has 21 N–H and O–H groups in total. The van der Waals surface area contributed by atoms with Gasteiger partial charge in [0.05, 0.1) is 32.6 Å². The quantitative estimate of drug-likeness (QED) is 0.0265. The lowest BCUT2D eigenvalue weighted by Crippen LogP contribution is -2.61. The van der Waals surface area contributed by atoms with Crippen molar-refractivity contribution in [3.8, 4) is 5.75 Å². The van der Waals surface area contributed by atoms with Gasteiger partial charge in [0.1, 0.15) is 54.1 Å². The third-order valence-corrected chi connectivity index (χ3v) is 19.8. The summed E-state index contributed by atoms with van der Waals surface area (Å²) in [6.45, 7) is -2.18. The van der Waals surface area contributed by atoms with E-state index >= 15 is 0 Å². The van der Waals surface area contributed by atoms with Gasteiger partial charge in [-0.05, 0) is 81.2 Å². The molecular formula is C70H106N16O18S2. The van der Waals surface area contributed by atoms with Crippen molar-refractivity contribution in [1.82, 2.24) is 63.4 Å². The van der Waals surface area contributed by atoms with Crippen molar-refractivity contribution < 1.29 is 86.9 Å². The third-order valence-electron chi connectivity index (χ3n) is 17.3. The average molecular weight is 1520 g/mol. The maximum absolute atomic E-state index is 15.0. The fourth-order valence-corrected chi connectivity index (χ4v) is 13.9. The molecule has 0 radical (unpaired) electrons. The number of aliphatic carboxylic acids is 1. The molecule has 0 bridgehead atoms. The second kappa shape index (κ2) is 50.0. The van der Waals surface area contributed by atoms with Gasteiger partial charge in [0, 0.05) is 50.2 Å². The van der Waals surface area contributed by atoms with Gasteiger partial charge in [-0.15, -0.1) is 0 Å². The molecule has 0 saturated carbocycles. The highest BCUT2D eigenvalue weighted by molar-refractivity contribution is 8.76. The van der Waals surface area contributed by atoms with Gasteiger partial charge in [-0.3, -0.25) is 76.7 Å². The van der Waals surface area contributed by atoms with Crippen LogP contribution in [0.1, 0.15) is 165 Å². The highest BCUT2D eigenvalue weighted by atomic mass is 33.1. The standard InChI is InChI=1S/C70H106N16O18S2/c71-33-19-18-23-47(63(97)78-38-57(74)90)81-69(103)54-24-20-34-86(54)70(104)53-43-106-105-42-52(79-61(94)41-77-60(93)40-76-59(92)39-75-58(91)25-16-11-9-7-5-3-1-2-4-6-8-10-12-17-26-62(95)96)68(102)83-50(36-45-27-29-46(87)30-28-45)66(100)82-49(35-44-21-14-13-15-22-44)65(99)80-48(31-32-55(72)88)64(98)84-51(37-56(73)89)67(101)85-53/h13-15,21-22,27-30,47-54,87H,1-12,16-20,23-26,31-43,71H2,(H2,72,88)(H2,73,89)(H2,74,90)(H,75,91)(H,76,92)(H,77,93)(H,78,97)(H,79,94)(H,80,99)(H,81,103)(H,82,100)(H,83,102)(H,84,98)(H,85,101)(H,95,96). The second-order valence-corrected chi connectivity index (χ2v) is 28.7. The second-order valence-electron chi connectivity index (χ2n) is 26.1. The number of aromatic hydroxyl groups is 1. The summed E-state index contributed by atoms with van der Waals surface area (Å²) in [6.07, 6.45) is 13.4. The van der Waals surface area contributed by atoms with Crippen LogP contribution in [0.5, 0.6) is 5.75 Å². The smallest absolute Gasteiger partial charge is 0.303 e. The number of benzene rings is 2. The molecule has 586 valence electrons. The third kappa shape index (κ3) is 36.4. The molecule has 2 aliphatic heterocycles. The number of nitrogens with two attached hydrogens (primary N) is 4.